The van der Waals surface area contributed by atoms with Crippen molar-refractivity contribution >= 4 is 11.8 Å². The number of hydrogen-bond acceptors (Lipinski definition) is 2. The summed E-state index contributed by atoms with van der Waals surface area (Å²) in [7, 11) is 0. The second-order valence-electron chi connectivity index (χ2n) is 5.58. The molecule has 112 valence electrons. The van der Waals surface area contributed by atoms with Crippen molar-refractivity contribution in [2.24, 2.45) is 5.92 Å². The normalized spacial score (nSPS) is 24.9. The first-order chi connectivity index (χ1) is 10.6. The monoisotopic (exact) mass is 297 g/mol. The van der Waals surface area contributed by atoms with Gasteiger partial charge in [-0.05, 0) is 11.6 Å². The van der Waals surface area contributed by atoms with E-state index < -0.39 is 23.6 Å². The van der Waals surface area contributed by atoms with Gasteiger partial charge >= 0.3 is 0 Å². The van der Waals surface area contributed by atoms with Crippen LogP contribution < -0.4 is 5.32 Å². The molecular formula is C18H16FNO2. The van der Waals surface area contributed by atoms with Gasteiger partial charge in [-0.3, -0.25) is 14.9 Å². The maximum Gasteiger partial charge on any atom is 0.234 e. The largest absolute Gasteiger partial charge is 0.296 e. The number of halogens is 1. The lowest BCUT2D eigenvalue weighted by molar-refractivity contribution is -0.138. The zero-order valence-electron chi connectivity index (χ0n) is 12.1. The van der Waals surface area contributed by atoms with Gasteiger partial charge in [0.2, 0.25) is 11.8 Å². The van der Waals surface area contributed by atoms with Gasteiger partial charge in [-0.15, -0.1) is 0 Å². The summed E-state index contributed by atoms with van der Waals surface area (Å²) in [6.45, 7) is 1.77. The van der Waals surface area contributed by atoms with Gasteiger partial charge in [-0.1, -0.05) is 55.5 Å². The average molecular weight is 297 g/mol. The van der Waals surface area contributed by atoms with Gasteiger partial charge in [-0.2, -0.15) is 0 Å². The van der Waals surface area contributed by atoms with Crippen LogP contribution in [0.2, 0.25) is 0 Å². The number of nitrogens with one attached hydrogen (secondary N) is 1. The van der Waals surface area contributed by atoms with Crippen molar-refractivity contribution in [2.45, 2.75) is 18.8 Å². The number of benzene rings is 2. The van der Waals surface area contributed by atoms with Gasteiger partial charge in [0, 0.05) is 17.4 Å². The summed E-state index contributed by atoms with van der Waals surface area (Å²) in [5, 5.41) is 2.36. The van der Waals surface area contributed by atoms with Crippen molar-refractivity contribution in [2.75, 3.05) is 0 Å². The van der Waals surface area contributed by atoms with E-state index in [0.29, 0.717) is 5.56 Å². The van der Waals surface area contributed by atoms with Gasteiger partial charge in [0.25, 0.3) is 0 Å². The van der Waals surface area contributed by atoms with Crippen molar-refractivity contribution in [1.82, 2.24) is 5.32 Å². The summed E-state index contributed by atoms with van der Waals surface area (Å²) in [5.74, 6) is -2.68. The van der Waals surface area contributed by atoms with Crippen molar-refractivity contribution < 1.29 is 14.0 Å². The molecule has 3 unspecified atom stereocenters. The highest BCUT2D eigenvalue weighted by atomic mass is 19.1. The van der Waals surface area contributed by atoms with Gasteiger partial charge in [0.15, 0.2) is 0 Å². The van der Waals surface area contributed by atoms with E-state index in [0.717, 1.165) is 5.56 Å². The fourth-order valence-electron chi connectivity index (χ4n) is 3.15. The molecule has 1 aliphatic heterocycles. The zero-order chi connectivity index (χ0) is 15.7. The topological polar surface area (TPSA) is 46.2 Å². The van der Waals surface area contributed by atoms with Crippen LogP contribution in [0.5, 0.6) is 0 Å². The minimum absolute atomic E-state index is 0.313. The standard InChI is InChI=1S/C18H16FNO2/c1-11-15(12-7-3-2-4-8-12)16(18(22)20-17(11)21)13-9-5-6-10-14(13)19/h2-11,15-16H,1H3,(H,20,21,22). The molecule has 3 atom stereocenters. The molecule has 22 heavy (non-hydrogen) atoms. The SMILES string of the molecule is CC1C(=O)NC(=O)C(c2ccccc2F)C1c1ccccc1. The molecule has 1 N–H and O–H groups in total. The van der Waals surface area contributed by atoms with Crippen LogP contribution in [0.1, 0.15) is 29.9 Å². The van der Waals surface area contributed by atoms with Crippen LogP contribution in [0, 0.1) is 11.7 Å². The lowest BCUT2D eigenvalue weighted by atomic mass is 9.71. The molecule has 0 aromatic heterocycles. The zero-order valence-corrected chi connectivity index (χ0v) is 12.1. The van der Waals surface area contributed by atoms with Crippen molar-refractivity contribution in [3.05, 3.63) is 71.5 Å². The van der Waals surface area contributed by atoms with Crippen LogP contribution in [-0.4, -0.2) is 11.8 Å². The van der Waals surface area contributed by atoms with Gasteiger partial charge in [0.1, 0.15) is 5.82 Å². The third-order valence-corrected chi connectivity index (χ3v) is 4.26. The molecule has 2 aromatic rings. The number of hydrogen-bond donors (Lipinski definition) is 1. The molecule has 0 bridgehead atoms. The molecule has 0 saturated carbocycles. The Labute approximate surface area is 128 Å². The predicted octanol–water partition coefficient (Wildman–Crippen LogP) is 2.99. The van der Waals surface area contributed by atoms with Crippen LogP contribution in [-0.2, 0) is 9.59 Å². The van der Waals surface area contributed by atoms with Crippen LogP contribution in [0.25, 0.3) is 0 Å². The highest BCUT2D eigenvalue weighted by Gasteiger charge is 2.43. The maximum atomic E-state index is 14.2. The molecule has 1 saturated heterocycles. The fourth-order valence-corrected chi connectivity index (χ4v) is 3.15. The second kappa shape index (κ2) is 5.72. The Hall–Kier alpha value is -2.49. The lowest BCUT2D eigenvalue weighted by Gasteiger charge is -2.35. The Morgan fingerprint density at radius 2 is 1.55 bits per heavy atom. The van der Waals surface area contributed by atoms with Gasteiger partial charge < -0.3 is 0 Å². The van der Waals surface area contributed by atoms with Crippen LogP contribution in [0.3, 0.4) is 0 Å². The fraction of sp³-hybridized carbons (Fsp3) is 0.222. The first-order valence-corrected chi connectivity index (χ1v) is 7.23. The number of imide groups is 1. The molecule has 0 radical (unpaired) electrons. The summed E-state index contributed by atoms with van der Waals surface area (Å²) in [6.07, 6.45) is 0. The highest BCUT2D eigenvalue weighted by Crippen LogP contribution is 2.42. The first kappa shape index (κ1) is 14.4. The van der Waals surface area contributed by atoms with E-state index in [-0.39, 0.29) is 11.8 Å². The number of carbonyl (C=O) groups is 2. The molecule has 1 aliphatic rings. The second-order valence-corrected chi connectivity index (χ2v) is 5.58. The van der Waals surface area contributed by atoms with Crippen LogP contribution in [0.15, 0.2) is 54.6 Å². The molecule has 2 amide bonds. The average Bonchev–Trinajstić information content (AvgIpc) is 2.52. The van der Waals surface area contributed by atoms with Gasteiger partial charge in [-0.25, -0.2) is 4.39 Å². The lowest BCUT2D eigenvalue weighted by Crippen LogP contribution is -2.48. The Kier molecular flexibility index (Phi) is 3.75. The number of rotatable bonds is 2. The van der Waals surface area contributed by atoms with Gasteiger partial charge in [0.05, 0.1) is 5.92 Å². The van der Waals surface area contributed by atoms with Crippen molar-refractivity contribution in [1.29, 1.82) is 0 Å². The summed E-state index contributed by atoms with van der Waals surface area (Å²) in [5.41, 5.74) is 1.19. The predicted molar refractivity (Wildman–Crippen MR) is 80.6 cm³/mol. The maximum absolute atomic E-state index is 14.2. The van der Waals surface area contributed by atoms with E-state index in [2.05, 4.69) is 5.32 Å². The minimum atomic E-state index is -0.712. The number of piperidine rings is 1. The summed E-state index contributed by atoms with van der Waals surface area (Å²) >= 11 is 0. The molecule has 4 heteroatoms. The quantitative estimate of drug-likeness (QED) is 0.866. The molecule has 3 nitrogen and oxygen atoms in total. The Morgan fingerprint density at radius 1 is 0.909 bits per heavy atom. The Morgan fingerprint density at radius 3 is 2.23 bits per heavy atom. The van der Waals surface area contributed by atoms with Crippen molar-refractivity contribution in [3.8, 4) is 0 Å². The molecule has 0 aliphatic carbocycles. The smallest absolute Gasteiger partial charge is 0.234 e. The summed E-state index contributed by atoms with van der Waals surface area (Å²) in [6, 6.07) is 15.6. The van der Waals surface area contributed by atoms with E-state index in [1.165, 1.54) is 6.07 Å². The molecular weight excluding hydrogens is 281 g/mol. The van der Waals surface area contributed by atoms with Crippen molar-refractivity contribution in [3.63, 3.8) is 0 Å². The van der Waals surface area contributed by atoms with E-state index in [4.69, 9.17) is 0 Å². The molecule has 2 aromatic carbocycles. The van der Waals surface area contributed by atoms with E-state index >= 15 is 0 Å². The van der Waals surface area contributed by atoms with E-state index in [9.17, 15) is 14.0 Å². The van der Waals surface area contributed by atoms with E-state index in [1.807, 2.05) is 30.3 Å². The summed E-state index contributed by atoms with van der Waals surface area (Å²) in [4.78, 5) is 24.4. The van der Waals surface area contributed by atoms with Crippen LogP contribution in [0.4, 0.5) is 4.39 Å². The third-order valence-electron chi connectivity index (χ3n) is 4.26. The van der Waals surface area contributed by atoms with Crippen LogP contribution >= 0.6 is 0 Å². The molecule has 1 heterocycles. The Balaban J connectivity index is 2.13. The summed E-state index contributed by atoms with van der Waals surface area (Å²) < 4.78 is 14.2. The number of amides is 2. The first-order valence-electron chi connectivity index (χ1n) is 7.23. The third kappa shape index (κ3) is 2.41. The molecule has 0 spiro atoms. The molecule has 1 fully saturated rings. The Bertz CT molecular complexity index is 714. The highest BCUT2D eigenvalue weighted by molar-refractivity contribution is 6.03. The van der Waals surface area contributed by atoms with E-state index in [1.54, 1.807) is 25.1 Å². The minimum Gasteiger partial charge on any atom is -0.296 e. The molecule has 3 rings (SSSR count). The number of carbonyl (C=O) groups excluding carboxylic acids is 2.